The van der Waals surface area contributed by atoms with Crippen LogP contribution in [0.4, 0.5) is 0 Å². The molecule has 2 aromatic rings. The topological polar surface area (TPSA) is 35.5 Å². The van der Waals surface area contributed by atoms with Crippen molar-refractivity contribution in [3.8, 4) is 0 Å². The summed E-state index contributed by atoms with van der Waals surface area (Å²) in [7, 11) is -3.26. The third-order valence-electron chi connectivity index (χ3n) is 2.92. The molecule has 23 heavy (non-hydrogen) atoms. The van der Waals surface area contributed by atoms with Crippen LogP contribution in [-0.2, 0) is 13.6 Å². The van der Waals surface area contributed by atoms with Crippen molar-refractivity contribution < 1.29 is 13.6 Å². The molecule has 0 aromatic heterocycles. The van der Waals surface area contributed by atoms with Crippen LogP contribution < -0.4 is 0 Å². The van der Waals surface area contributed by atoms with Gasteiger partial charge in [-0.1, -0.05) is 60.3 Å². The fourth-order valence-corrected chi connectivity index (χ4v) is 4.77. The van der Waals surface area contributed by atoms with Crippen LogP contribution in [0.15, 0.2) is 71.4 Å². The Labute approximate surface area is 142 Å². The third-order valence-corrected chi connectivity index (χ3v) is 5.99. The Kier molecular flexibility index (Phi) is 7.13. The molecule has 0 amide bonds. The molecule has 2 rings (SSSR count). The summed E-state index contributed by atoms with van der Waals surface area (Å²) >= 11 is 1.55. The van der Waals surface area contributed by atoms with Gasteiger partial charge < -0.3 is 9.05 Å². The van der Waals surface area contributed by atoms with E-state index in [1.807, 2.05) is 74.5 Å². The second-order valence-electron chi connectivity index (χ2n) is 4.65. The van der Waals surface area contributed by atoms with Gasteiger partial charge >= 0.3 is 7.60 Å². The van der Waals surface area contributed by atoms with Crippen molar-refractivity contribution in [3.05, 3.63) is 72.0 Å². The van der Waals surface area contributed by atoms with Gasteiger partial charge in [0.1, 0.15) is 0 Å². The van der Waals surface area contributed by atoms with Gasteiger partial charge in [-0.05, 0) is 31.5 Å². The Morgan fingerprint density at radius 2 is 1.48 bits per heavy atom. The van der Waals surface area contributed by atoms with E-state index in [9.17, 15) is 4.57 Å². The van der Waals surface area contributed by atoms with E-state index in [2.05, 4.69) is 0 Å². The molecule has 3 nitrogen and oxygen atoms in total. The highest BCUT2D eigenvalue weighted by molar-refractivity contribution is 8.08. The second kappa shape index (κ2) is 9.09. The zero-order valence-corrected chi connectivity index (χ0v) is 15.1. The third kappa shape index (κ3) is 5.67. The Morgan fingerprint density at radius 1 is 0.957 bits per heavy atom. The lowest BCUT2D eigenvalue weighted by molar-refractivity contribution is 0.229. The molecule has 0 atom stereocenters. The monoisotopic (exact) mass is 348 g/mol. The highest BCUT2D eigenvalue weighted by atomic mass is 32.2. The predicted octanol–water partition coefficient (Wildman–Crippen LogP) is 6.04. The summed E-state index contributed by atoms with van der Waals surface area (Å²) in [5.41, 5.74) is 0.987. The zero-order valence-electron chi connectivity index (χ0n) is 13.3. The average Bonchev–Trinajstić information content (AvgIpc) is 2.56. The zero-order chi connectivity index (χ0) is 16.5. The van der Waals surface area contributed by atoms with E-state index >= 15 is 0 Å². The molecule has 0 aliphatic heterocycles. The van der Waals surface area contributed by atoms with Gasteiger partial charge in [-0.25, -0.2) is 0 Å². The number of benzene rings is 2. The van der Waals surface area contributed by atoms with Crippen molar-refractivity contribution in [1.82, 2.24) is 0 Å². The summed E-state index contributed by atoms with van der Waals surface area (Å²) in [5.74, 6) is 1.63. The molecule has 0 fully saturated rings. The lowest BCUT2D eigenvalue weighted by atomic mass is 10.2. The molecule has 0 heterocycles. The molecule has 2 aromatic carbocycles. The lowest BCUT2D eigenvalue weighted by Crippen LogP contribution is -1.94. The van der Waals surface area contributed by atoms with Crippen LogP contribution in [-0.4, -0.2) is 13.2 Å². The normalized spacial score (nSPS) is 12.3. The summed E-state index contributed by atoms with van der Waals surface area (Å²) in [6, 6.07) is 19.8. The molecule has 0 aliphatic carbocycles. The van der Waals surface area contributed by atoms with Crippen molar-refractivity contribution in [2.75, 3.05) is 13.2 Å². The summed E-state index contributed by atoms with van der Waals surface area (Å²) in [4.78, 5) is 1.93. The standard InChI is InChI=1S/C18H21O3PS/c1-3-20-22(19,21-4-2)15-18(16-11-7-5-8-12-16)23-17-13-9-6-10-14-17/h5-15H,3-4H2,1-2H3/b18-15+. The molecule has 0 saturated heterocycles. The Bertz CT molecular complexity index is 661. The van der Waals surface area contributed by atoms with E-state index in [1.54, 1.807) is 17.6 Å². The minimum Gasteiger partial charge on any atom is -0.306 e. The predicted molar refractivity (Wildman–Crippen MR) is 97.6 cm³/mol. The molecular weight excluding hydrogens is 327 g/mol. The van der Waals surface area contributed by atoms with Crippen molar-refractivity contribution in [1.29, 1.82) is 0 Å². The smallest absolute Gasteiger partial charge is 0.306 e. The highest BCUT2D eigenvalue weighted by Gasteiger charge is 2.22. The SMILES string of the molecule is CCOP(=O)(/C=C(/Sc1ccccc1)c1ccccc1)OCC. The Balaban J connectivity index is 2.40. The molecule has 0 aliphatic rings. The molecule has 0 radical (unpaired) electrons. The molecule has 0 saturated carbocycles. The molecule has 0 bridgehead atoms. The van der Waals surface area contributed by atoms with E-state index < -0.39 is 7.60 Å². The van der Waals surface area contributed by atoms with E-state index in [4.69, 9.17) is 9.05 Å². The maximum atomic E-state index is 12.9. The van der Waals surface area contributed by atoms with Crippen molar-refractivity contribution >= 4 is 24.3 Å². The van der Waals surface area contributed by atoms with Gasteiger partial charge in [0, 0.05) is 15.6 Å². The van der Waals surface area contributed by atoms with E-state index in [0.29, 0.717) is 13.2 Å². The van der Waals surface area contributed by atoms with Gasteiger partial charge in [0.2, 0.25) is 0 Å². The van der Waals surface area contributed by atoms with Gasteiger partial charge in [-0.3, -0.25) is 4.57 Å². The summed E-state index contributed by atoms with van der Waals surface area (Å²) in [6.45, 7) is 4.30. The van der Waals surface area contributed by atoms with E-state index in [0.717, 1.165) is 15.4 Å². The maximum Gasteiger partial charge on any atom is 0.355 e. The first-order valence-electron chi connectivity index (χ1n) is 7.57. The number of rotatable bonds is 8. The van der Waals surface area contributed by atoms with Gasteiger partial charge in [-0.2, -0.15) is 0 Å². The van der Waals surface area contributed by atoms with Crippen LogP contribution in [0.1, 0.15) is 19.4 Å². The van der Waals surface area contributed by atoms with Gasteiger partial charge in [-0.15, -0.1) is 0 Å². The first kappa shape index (κ1) is 18.0. The molecule has 5 heteroatoms. The number of thioether (sulfide) groups is 1. The minimum absolute atomic E-state index is 0.339. The average molecular weight is 348 g/mol. The van der Waals surface area contributed by atoms with Crippen LogP contribution in [0, 0.1) is 0 Å². The molecule has 122 valence electrons. The van der Waals surface area contributed by atoms with Gasteiger partial charge in [0.05, 0.1) is 13.2 Å². The molecule has 0 N–H and O–H groups in total. The van der Waals surface area contributed by atoms with Crippen LogP contribution in [0.25, 0.3) is 4.91 Å². The number of hydrogen-bond donors (Lipinski definition) is 0. The summed E-state index contributed by atoms with van der Waals surface area (Å²) in [5, 5.41) is 0. The minimum atomic E-state index is -3.26. The first-order chi connectivity index (χ1) is 11.2. The Morgan fingerprint density at radius 3 is 2.00 bits per heavy atom. The highest BCUT2D eigenvalue weighted by Crippen LogP contribution is 2.53. The van der Waals surface area contributed by atoms with Crippen LogP contribution >= 0.6 is 19.4 Å². The fourth-order valence-electron chi connectivity index (χ4n) is 1.99. The van der Waals surface area contributed by atoms with Crippen LogP contribution in [0.5, 0.6) is 0 Å². The van der Waals surface area contributed by atoms with Gasteiger partial charge in [0.25, 0.3) is 0 Å². The second-order valence-corrected chi connectivity index (χ2v) is 7.62. The van der Waals surface area contributed by atoms with Crippen LogP contribution in [0.3, 0.4) is 0 Å². The van der Waals surface area contributed by atoms with Crippen molar-refractivity contribution in [3.63, 3.8) is 0 Å². The fraction of sp³-hybridized carbons (Fsp3) is 0.222. The molecular formula is C18H21O3PS. The maximum absolute atomic E-state index is 12.9. The largest absolute Gasteiger partial charge is 0.355 e. The van der Waals surface area contributed by atoms with E-state index in [-0.39, 0.29) is 0 Å². The van der Waals surface area contributed by atoms with Crippen molar-refractivity contribution in [2.45, 2.75) is 18.7 Å². The van der Waals surface area contributed by atoms with Crippen LogP contribution in [0.2, 0.25) is 0 Å². The Hall–Kier alpha value is -1.32. The quantitative estimate of drug-likeness (QED) is 0.430. The van der Waals surface area contributed by atoms with Gasteiger partial charge in [0.15, 0.2) is 0 Å². The summed E-state index contributed by atoms with van der Waals surface area (Å²) < 4.78 is 23.7. The van der Waals surface area contributed by atoms with Crippen molar-refractivity contribution in [2.24, 2.45) is 0 Å². The van der Waals surface area contributed by atoms with E-state index in [1.165, 1.54) is 0 Å². The summed E-state index contributed by atoms with van der Waals surface area (Å²) in [6.07, 6.45) is 0. The molecule has 0 spiro atoms. The number of hydrogen-bond acceptors (Lipinski definition) is 4. The molecule has 0 unspecified atom stereocenters. The lowest BCUT2D eigenvalue weighted by Gasteiger charge is -2.16. The first-order valence-corrected chi connectivity index (χ1v) is 9.99.